The van der Waals surface area contributed by atoms with Gasteiger partial charge in [-0.15, -0.1) is 0 Å². The van der Waals surface area contributed by atoms with E-state index in [1.54, 1.807) is 6.20 Å². The Bertz CT molecular complexity index is 68.5. The van der Waals surface area contributed by atoms with Crippen molar-refractivity contribution in [3.8, 4) is 0 Å². The van der Waals surface area contributed by atoms with Gasteiger partial charge in [-0.2, -0.15) is 0 Å². The fourth-order valence-electron chi connectivity index (χ4n) is 0.155. The first-order chi connectivity index (χ1) is 3.41. The van der Waals surface area contributed by atoms with E-state index in [0.29, 0.717) is 0 Å². The molecule has 0 aromatic heterocycles. The van der Waals surface area contributed by atoms with Crippen LogP contribution in [0.1, 0.15) is 6.92 Å². The van der Waals surface area contributed by atoms with Crippen molar-refractivity contribution in [2.75, 3.05) is 0 Å². The van der Waals surface area contributed by atoms with Crippen LogP contribution in [0, 0.1) is 0 Å². The zero-order chi connectivity index (χ0) is 5.54. The lowest BCUT2D eigenvalue weighted by atomic mass is 10.7. The highest BCUT2D eigenvalue weighted by atomic mass is 16.6. The van der Waals surface area contributed by atoms with Crippen LogP contribution in [0.5, 0.6) is 0 Å². The van der Waals surface area contributed by atoms with Gasteiger partial charge < -0.3 is 4.84 Å². The predicted molar refractivity (Wildman–Crippen MR) is 29.2 cm³/mol. The fourth-order valence-corrected chi connectivity index (χ4v) is 0.155. The van der Waals surface area contributed by atoms with Gasteiger partial charge in [0.2, 0.25) is 0 Å². The molecule has 0 saturated carbocycles. The highest BCUT2D eigenvalue weighted by molar-refractivity contribution is 4.69. The van der Waals surface area contributed by atoms with Crippen molar-refractivity contribution in [2.45, 2.75) is 6.92 Å². The average Bonchev–Trinajstić information content (AvgIpc) is 1.69. The maximum atomic E-state index is 4.50. The molecule has 7 heavy (non-hydrogen) atoms. The van der Waals surface area contributed by atoms with Crippen LogP contribution in [-0.2, 0) is 4.84 Å². The van der Waals surface area contributed by atoms with Crippen LogP contribution in [0.2, 0.25) is 0 Å². The smallest absolute Gasteiger partial charge is 0.112 e. The van der Waals surface area contributed by atoms with Crippen molar-refractivity contribution in [3.63, 3.8) is 0 Å². The van der Waals surface area contributed by atoms with Crippen LogP contribution < -0.4 is 5.48 Å². The molecule has 0 bridgehead atoms. The SMILES string of the molecule is C=CON/C=C\C. The maximum absolute atomic E-state index is 4.50. The van der Waals surface area contributed by atoms with Crippen LogP contribution in [0.3, 0.4) is 0 Å². The lowest BCUT2D eigenvalue weighted by Crippen LogP contribution is -1.98. The normalized spacial score (nSPS) is 8.71. The Morgan fingerprint density at radius 1 is 1.71 bits per heavy atom. The van der Waals surface area contributed by atoms with Gasteiger partial charge in [0, 0.05) is 6.20 Å². The molecule has 0 rings (SSSR count). The first-order valence-electron chi connectivity index (χ1n) is 2.05. The van der Waals surface area contributed by atoms with Crippen LogP contribution in [-0.4, -0.2) is 0 Å². The van der Waals surface area contributed by atoms with Gasteiger partial charge in [-0.05, 0) is 6.92 Å². The summed E-state index contributed by atoms with van der Waals surface area (Å²) in [4.78, 5) is 4.50. The zero-order valence-corrected chi connectivity index (χ0v) is 4.35. The number of hydrogen-bond acceptors (Lipinski definition) is 2. The average molecular weight is 99.1 g/mol. The van der Waals surface area contributed by atoms with Crippen molar-refractivity contribution >= 4 is 0 Å². The Labute approximate surface area is 43.4 Å². The monoisotopic (exact) mass is 99.1 g/mol. The summed E-state index contributed by atoms with van der Waals surface area (Å²) in [5, 5.41) is 0. The van der Waals surface area contributed by atoms with E-state index >= 15 is 0 Å². The van der Waals surface area contributed by atoms with Crippen molar-refractivity contribution in [1.82, 2.24) is 5.48 Å². The molecule has 2 heteroatoms. The Hall–Kier alpha value is -0.920. The number of hydrogen-bond donors (Lipinski definition) is 1. The molecule has 40 valence electrons. The standard InChI is InChI=1S/C5H9NO/c1-3-5-6-7-4-2/h3-6H,2H2,1H3/b5-3-. The highest BCUT2D eigenvalue weighted by Crippen LogP contribution is 1.64. The maximum Gasteiger partial charge on any atom is 0.112 e. The summed E-state index contributed by atoms with van der Waals surface area (Å²) < 4.78 is 0. The molecule has 0 aliphatic carbocycles. The second-order valence-electron chi connectivity index (χ2n) is 0.902. The second kappa shape index (κ2) is 5.08. The molecule has 2 nitrogen and oxygen atoms in total. The molecule has 0 saturated heterocycles. The van der Waals surface area contributed by atoms with Crippen molar-refractivity contribution in [1.29, 1.82) is 0 Å². The van der Waals surface area contributed by atoms with Crippen molar-refractivity contribution < 1.29 is 4.84 Å². The van der Waals surface area contributed by atoms with Gasteiger partial charge in [0.1, 0.15) is 6.26 Å². The van der Waals surface area contributed by atoms with Crippen molar-refractivity contribution in [2.24, 2.45) is 0 Å². The van der Waals surface area contributed by atoms with Gasteiger partial charge >= 0.3 is 0 Å². The summed E-state index contributed by atoms with van der Waals surface area (Å²) in [7, 11) is 0. The second-order valence-corrected chi connectivity index (χ2v) is 0.902. The largest absolute Gasteiger partial charge is 0.391 e. The van der Waals surface area contributed by atoms with E-state index in [1.165, 1.54) is 6.26 Å². The van der Waals surface area contributed by atoms with Gasteiger partial charge in [-0.25, -0.2) is 5.48 Å². The Kier molecular flexibility index (Phi) is 4.41. The van der Waals surface area contributed by atoms with Crippen molar-refractivity contribution in [3.05, 3.63) is 25.1 Å². The Morgan fingerprint density at radius 2 is 2.43 bits per heavy atom. The van der Waals surface area contributed by atoms with Crippen LogP contribution in [0.4, 0.5) is 0 Å². The first-order valence-corrected chi connectivity index (χ1v) is 2.05. The fraction of sp³-hybridized carbons (Fsp3) is 0.200. The summed E-state index contributed by atoms with van der Waals surface area (Å²) in [5.41, 5.74) is 2.49. The number of allylic oxidation sites excluding steroid dienone is 1. The minimum absolute atomic E-state index is 1.32. The van der Waals surface area contributed by atoms with Crippen LogP contribution in [0.15, 0.2) is 25.1 Å². The number of hydroxylamine groups is 1. The van der Waals surface area contributed by atoms with E-state index in [0.717, 1.165) is 0 Å². The van der Waals surface area contributed by atoms with E-state index in [2.05, 4.69) is 16.9 Å². The summed E-state index contributed by atoms with van der Waals surface area (Å²) in [6, 6.07) is 0. The zero-order valence-electron chi connectivity index (χ0n) is 4.35. The van der Waals surface area contributed by atoms with E-state index in [9.17, 15) is 0 Å². The number of nitrogens with one attached hydrogen (secondary N) is 1. The lowest BCUT2D eigenvalue weighted by Gasteiger charge is -1.92. The molecular formula is C5H9NO. The molecule has 0 aliphatic heterocycles. The minimum atomic E-state index is 1.32. The van der Waals surface area contributed by atoms with Gasteiger partial charge in [0.05, 0.1) is 0 Å². The summed E-state index contributed by atoms with van der Waals surface area (Å²) in [5.74, 6) is 0. The highest BCUT2D eigenvalue weighted by Gasteiger charge is 1.59. The molecule has 0 aliphatic rings. The van der Waals surface area contributed by atoms with E-state index in [-0.39, 0.29) is 0 Å². The Morgan fingerprint density at radius 3 is 2.86 bits per heavy atom. The molecule has 1 N–H and O–H groups in total. The van der Waals surface area contributed by atoms with Gasteiger partial charge in [-0.3, -0.25) is 0 Å². The molecule has 0 fully saturated rings. The first kappa shape index (κ1) is 6.08. The third-order valence-electron chi connectivity index (χ3n) is 0.386. The van der Waals surface area contributed by atoms with Crippen LogP contribution >= 0.6 is 0 Å². The molecule has 0 amide bonds. The van der Waals surface area contributed by atoms with E-state index in [4.69, 9.17) is 0 Å². The molecule has 0 radical (unpaired) electrons. The summed E-state index contributed by atoms with van der Waals surface area (Å²) in [6.45, 7) is 5.20. The number of rotatable bonds is 3. The molecule has 0 aromatic rings. The molecular weight excluding hydrogens is 90.1 g/mol. The summed E-state index contributed by atoms with van der Waals surface area (Å²) >= 11 is 0. The topological polar surface area (TPSA) is 21.3 Å². The molecule has 0 spiro atoms. The van der Waals surface area contributed by atoms with Crippen LogP contribution in [0.25, 0.3) is 0 Å². The Balaban J connectivity index is 2.82. The molecule has 0 atom stereocenters. The molecule has 0 unspecified atom stereocenters. The van der Waals surface area contributed by atoms with Gasteiger partial charge in [-0.1, -0.05) is 12.7 Å². The van der Waals surface area contributed by atoms with Gasteiger partial charge in [0.15, 0.2) is 0 Å². The minimum Gasteiger partial charge on any atom is -0.391 e. The third kappa shape index (κ3) is 5.08. The third-order valence-corrected chi connectivity index (χ3v) is 0.386. The van der Waals surface area contributed by atoms with E-state index in [1.807, 2.05) is 13.0 Å². The predicted octanol–water partition coefficient (Wildman–Crippen LogP) is 1.18. The quantitative estimate of drug-likeness (QED) is 0.326. The molecule has 0 aromatic carbocycles. The van der Waals surface area contributed by atoms with E-state index < -0.39 is 0 Å². The lowest BCUT2D eigenvalue weighted by molar-refractivity contribution is 0.177. The van der Waals surface area contributed by atoms with Gasteiger partial charge in [0.25, 0.3) is 0 Å². The summed E-state index contributed by atoms with van der Waals surface area (Å²) in [6.07, 6.45) is 4.81. The molecule has 0 heterocycles.